The molecular formula is C16H27ClN2. The maximum absolute atomic E-state index is 6.04. The van der Waals surface area contributed by atoms with Gasteiger partial charge < -0.3 is 5.73 Å². The molecule has 3 heteroatoms. The summed E-state index contributed by atoms with van der Waals surface area (Å²) in [6, 6.07) is 8.57. The number of benzene rings is 1. The summed E-state index contributed by atoms with van der Waals surface area (Å²) in [6.07, 6.45) is 6.29. The zero-order chi connectivity index (χ0) is 14.1. The minimum absolute atomic E-state index is 0.419. The summed E-state index contributed by atoms with van der Waals surface area (Å²) in [6.45, 7) is 4.20. The van der Waals surface area contributed by atoms with Crippen LogP contribution in [-0.2, 0) is 0 Å². The van der Waals surface area contributed by atoms with Crippen molar-refractivity contribution >= 4 is 11.6 Å². The molecule has 2 nitrogen and oxygen atoms in total. The van der Waals surface area contributed by atoms with Crippen molar-refractivity contribution in [1.29, 1.82) is 0 Å². The van der Waals surface area contributed by atoms with Crippen LogP contribution >= 0.6 is 11.6 Å². The first kappa shape index (κ1) is 16.5. The topological polar surface area (TPSA) is 29.3 Å². The fourth-order valence-electron chi connectivity index (χ4n) is 2.25. The lowest BCUT2D eigenvalue weighted by Gasteiger charge is -2.25. The van der Waals surface area contributed by atoms with Crippen molar-refractivity contribution in [3.05, 3.63) is 34.9 Å². The van der Waals surface area contributed by atoms with Gasteiger partial charge in [0.15, 0.2) is 0 Å². The van der Waals surface area contributed by atoms with E-state index in [1.807, 2.05) is 12.1 Å². The lowest BCUT2D eigenvalue weighted by Crippen LogP contribution is -2.23. The molecule has 0 spiro atoms. The first-order valence-electron chi connectivity index (χ1n) is 7.31. The molecule has 0 aliphatic rings. The Morgan fingerprint density at radius 1 is 1.16 bits per heavy atom. The van der Waals surface area contributed by atoms with E-state index < -0.39 is 0 Å². The molecule has 0 aliphatic carbocycles. The van der Waals surface area contributed by atoms with E-state index in [0.717, 1.165) is 24.5 Å². The van der Waals surface area contributed by atoms with Crippen LogP contribution < -0.4 is 5.73 Å². The summed E-state index contributed by atoms with van der Waals surface area (Å²) >= 11 is 6.04. The van der Waals surface area contributed by atoms with E-state index >= 15 is 0 Å². The van der Waals surface area contributed by atoms with Crippen molar-refractivity contribution in [2.24, 2.45) is 5.73 Å². The zero-order valence-corrected chi connectivity index (χ0v) is 13.0. The minimum atomic E-state index is 0.419. The number of nitrogens with zero attached hydrogens (tertiary/aromatic N) is 1. The molecule has 2 N–H and O–H groups in total. The molecule has 0 aliphatic heterocycles. The average Bonchev–Trinajstić information content (AvgIpc) is 2.41. The fourth-order valence-corrected chi connectivity index (χ4v) is 2.45. The monoisotopic (exact) mass is 282 g/mol. The van der Waals surface area contributed by atoms with E-state index in [9.17, 15) is 0 Å². The predicted molar refractivity (Wildman–Crippen MR) is 84.6 cm³/mol. The predicted octanol–water partition coefficient (Wildman–Crippen LogP) is 4.24. The Bertz CT molecular complexity index is 354. The van der Waals surface area contributed by atoms with Crippen molar-refractivity contribution in [3.63, 3.8) is 0 Å². The van der Waals surface area contributed by atoms with Crippen LogP contribution in [0.2, 0.25) is 5.02 Å². The Balaban J connectivity index is 2.27. The molecule has 0 amide bonds. The quantitative estimate of drug-likeness (QED) is 0.687. The largest absolute Gasteiger partial charge is 0.330 e. The molecule has 1 rings (SSSR count). The lowest BCUT2D eigenvalue weighted by molar-refractivity contribution is 0.255. The van der Waals surface area contributed by atoms with Crippen LogP contribution in [0.25, 0.3) is 0 Å². The first-order valence-corrected chi connectivity index (χ1v) is 7.68. The fraction of sp³-hybridized carbons (Fsp3) is 0.625. The maximum Gasteiger partial charge on any atom is 0.0409 e. The number of unbranched alkanes of at least 4 members (excludes halogenated alkanes) is 4. The van der Waals surface area contributed by atoms with Gasteiger partial charge in [0.05, 0.1) is 0 Å². The summed E-state index contributed by atoms with van der Waals surface area (Å²) in [7, 11) is 2.19. The third kappa shape index (κ3) is 6.42. The van der Waals surface area contributed by atoms with Crippen molar-refractivity contribution < 1.29 is 0 Å². The van der Waals surface area contributed by atoms with Crippen molar-refractivity contribution in [3.8, 4) is 0 Å². The SMILES string of the molecule is CC(c1cccc(Cl)c1)N(C)CCCCCCCN. The van der Waals surface area contributed by atoms with Gasteiger partial charge in [0.1, 0.15) is 0 Å². The van der Waals surface area contributed by atoms with Gasteiger partial charge in [0, 0.05) is 11.1 Å². The van der Waals surface area contributed by atoms with Crippen molar-refractivity contribution in [1.82, 2.24) is 4.90 Å². The maximum atomic E-state index is 6.04. The van der Waals surface area contributed by atoms with E-state index in [1.54, 1.807) is 0 Å². The number of halogens is 1. The van der Waals surface area contributed by atoms with Gasteiger partial charge in [0.2, 0.25) is 0 Å². The second-order valence-corrected chi connectivity index (χ2v) is 5.70. The van der Waals surface area contributed by atoms with Crippen LogP contribution in [-0.4, -0.2) is 25.0 Å². The van der Waals surface area contributed by atoms with E-state index in [4.69, 9.17) is 17.3 Å². The van der Waals surface area contributed by atoms with Gasteiger partial charge in [-0.25, -0.2) is 0 Å². The summed E-state index contributed by atoms with van der Waals surface area (Å²) in [5.41, 5.74) is 6.78. The summed E-state index contributed by atoms with van der Waals surface area (Å²) in [5.74, 6) is 0. The molecule has 0 radical (unpaired) electrons. The summed E-state index contributed by atoms with van der Waals surface area (Å²) < 4.78 is 0. The van der Waals surface area contributed by atoms with Gasteiger partial charge >= 0.3 is 0 Å². The normalized spacial score (nSPS) is 12.9. The highest BCUT2D eigenvalue weighted by Gasteiger charge is 2.11. The van der Waals surface area contributed by atoms with Crippen LogP contribution in [0.1, 0.15) is 50.6 Å². The Kier molecular flexibility index (Phi) is 8.11. The molecule has 19 heavy (non-hydrogen) atoms. The Morgan fingerprint density at radius 3 is 2.53 bits per heavy atom. The second kappa shape index (κ2) is 9.35. The van der Waals surface area contributed by atoms with Crippen LogP contribution in [0.5, 0.6) is 0 Å². The second-order valence-electron chi connectivity index (χ2n) is 5.27. The van der Waals surface area contributed by atoms with Crippen molar-refractivity contribution in [2.75, 3.05) is 20.1 Å². The molecule has 0 bridgehead atoms. The number of rotatable bonds is 9. The van der Waals surface area contributed by atoms with E-state index in [0.29, 0.717) is 6.04 Å². The van der Waals surface area contributed by atoms with Gasteiger partial charge in [0.25, 0.3) is 0 Å². The van der Waals surface area contributed by atoms with Gasteiger partial charge in [-0.1, -0.05) is 43.0 Å². The van der Waals surface area contributed by atoms with Crippen LogP contribution in [0.3, 0.4) is 0 Å². The molecule has 0 aromatic heterocycles. The van der Waals surface area contributed by atoms with Gasteiger partial charge in [-0.15, -0.1) is 0 Å². The first-order chi connectivity index (χ1) is 9.15. The van der Waals surface area contributed by atoms with Gasteiger partial charge in [-0.2, -0.15) is 0 Å². The zero-order valence-electron chi connectivity index (χ0n) is 12.2. The molecule has 1 aromatic carbocycles. The summed E-state index contributed by atoms with van der Waals surface area (Å²) in [4.78, 5) is 2.40. The summed E-state index contributed by atoms with van der Waals surface area (Å²) in [5, 5.41) is 0.819. The third-order valence-electron chi connectivity index (χ3n) is 3.71. The van der Waals surface area contributed by atoms with Crippen LogP contribution in [0.15, 0.2) is 24.3 Å². The molecule has 1 unspecified atom stereocenters. The highest BCUT2D eigenvalue weighted by Crippen LogP contribution is 2.22. The highest BCUT2D eigenvalue weighted by molar-refractivity contribution is 6.30. The third-order valence-corrected chi connectivity index (χ3v) is 3.94. The van der Waals surface area contributed by atoms with Gasteiger partial charge in [-0.3, -0.25) is 4.90 Å². The molecule has 0 heterocycles. The Hall–Kier alpha value is -0.570. The Morgan fingerprint density at radius 2 is 1.84 bits per heavy atom. The number of hydrogen-bond acceptors (Lipinski definition) is 2. The minimum Gasteiger partial charge on any atom is -0.330 e. The molecular weight excluding hydrogens is 256 g/mol. The van der Waals surface area contributed by atoms with Crippen molar-refractivity contribution in [2.45, 2.75) is 45.1 Å². The molecule has 0 saturated heterocycles. The Labute approximate surface area is 122 Å². The lowest BCUT2D eigenvalue weighted by atomic mass is 10.1. The number of nitrogens with two attached hydrogens (primary N) is 1. The van der Waals surface area contributed by atoms with E-state index in [2.05, 4.69) is 31.0 Å². The number of hydrogen-bond donors (Lipinski definition) is 1. The van der Waals surface area contributed by atoms with Crippen LogP contribution in [0.4, 0.5) is 0 Å². The standard InChI is InChI=1S/C16H27ClN2/c1-14(15-9-8-10-16(17)13-15)19(2)12-7-5-3-4-6-11-18/h8-10,13-14H,3-7,11-12,18H2,1-2H3. The van der Waals surface area contributed by atoms with Crippen LogP contribution in [0, 0.1) is 0 Å². The molecule has 1 aromatic rings. The molecule has 1 atom stereocenters. The highest BCUT2D eigenvalue weighted by atomic mass is 35.5. The van der Waals surface area contributed by atoms with E-state index in [1.165, 1.54) is 31.2 Å². The molecule has 108 valence electrons. The molecule has 0 saturated carbocycles. The molecule has 0 fully saturated rings. The van der Waals surface area contributed by atoms with E-state index in [-0.39, 0.29) is 0 Å². The van der Waals surface area contributed by atoms with Gasteiger partial charge in [-0.05, 0) is 57.6 Å². The average molecular weight is 283 g/mol. The smallest absolute Gasteiger partial charge is 0.0409 e.